The van der Waals surface area contributed by atoms with Crippen LogP contribution in [0.2, 0.25) is 5.02 Å². The van der Waals surface area contributed by atoms with Crippen LogP contribution in [0.3, 0.4) is 0 Å². The van der Waals surface area contributed by atoms with Crippen molar-refractivity contribution in [2.45, 2.75) is 12.1 Å². The molecule has 9 heteroatoms. The van der Waals surface area contributed by atoms with Crippen LogP contribution >= 0.6 is 23.4 Å². The summed E-state index contributed by atoms with van der Waals surface area (Å²) in [6.07, 6.45) is 1.59. The van der Waals surface area contributed by atoms with Gasteiger partial charge in [0, 0.05) is 16.3 Å². The fraction of sp³-hybridized carbons (Fsp3) is 0.120. The molecule has 0 unspecified atom stereocenters. The Kier molecular flexibility index (Phi) is 7.95. The first kappa shape index (κ1) is 23.5. The Morgan fingerprint density at radius 3 is 2.50 bits per heavy atom. The van der Waals surface area contributed by atoms with E-state index in [0.717, 1.165) is 22.6 Å². The summed E-state index contributed by atoms with van der Waals surface area (Å²) in [5.74, 6) is 1.34. The maximum atomic E-state index is 12.4. The average Bonchev–Trinajstić information content (AvgIpc) is 3.29. The second-order valence-corrected chi connectivity index (χ2v) is 8.45. The third-order valence-electron chi connectivity index (χ3n) is 4.68. The highest BCUT2D eigenvalue weighted by Crippen LogP contribution is 2.28. The third-order valence-corrected chi connectivity index (χ3v) is 5.86. The lowest BCUT2D eigenvalue weighted by Gasteiger charge is -2.10. The Morgan fingerprint density at radius 1 is 1.06 bits per heavy atom. The summed E-state index contributed by atoms with van der Waals surface area (Å²) in [5, 5.41) is 14.0. The summed E-state index contributed by atoms with van der Waals surface area (Å²) in [6.45, 7) is 2.55. The zero-order valence-corrected chi connectivity index (χ0v) is 20.0. The van der Waals surface area contributed by atoms with Crippen LogP contribution in [0.25, 0.3) is 17.1 Å². The summed E-state index contributed by atoms with van der Waals surface area (Å²) in [4.78, 5) is 12.4. The molecule has 1 N–H and O–H groups in total. The van der Waals surface area contributed by atoms with Gasteiger partial charge in [0.15, 0.2) is 11.0 Å². The topological polar surface area (TPSA) is 81.4 Å². The molecule has 0 saturated carbocycles. The largest absolute Gasteiger partial charge is 0.494 e. The molecule has 3 aromatic carbocycles. The highest BCUT2D eigenvalue weighted by Gasteiger charge is 2.17. The molecular formula is C25H22ClN5O2S. The molecule has 0 atom stereocenters. The second kappa shape index (κ2) is 11.5. The number of amides is 1. The van der Waals surface area contributed by atoms with Crippen molar-refractivity contribution in [1.29, 1.82) is 0 Å². The normalized spacial score (nSPS) is 11.0. The highest BCUT2D eigenvalue weighted by molar-refractivity contribution is 7.99. The van der Waals surface area contributed by atoms with Crippen LogP contribution in [-0.2, 0) is 4.79 Å². The summed E-state index contributed by atoms with van der Waals surface area (Å²) in [5.41, 5.74) is 5.18. The molecule has 0 fully saturated rings. The minimum Gasteiger partial charge on any atom is -0.494 e. The smallest absolute Gasteiger partial charge is 0.250 e. The fourth-order valence-electron chi connectivity index (χ4n) is 3.12. The molecule has 0 radical (unpaired) electrons. The molecule has 1 aromatic heterocycles. The number of halogens is 1. The van der Waals surface area contributed by atoms with Gasteiger partial charge in [-0.05, 0) is 73.2 Å². The maximum absolute atomic E-state index is 12.4. The van der Waals surface area contributed by atoms with E-state index in [-0.39, 0.29) is 11.7 Å². The van der Waals surface area contributed by atoms with Gasteiger partial charge in [0.25, 0.3) is 5.91 Å². The molecule has 1 heterocycles. The quantitative estimate of drug-likeness (QED) is 0.197. The highest BCUT2D eigenvalue weighted by atomic mass is 35.5. The van der Waals surface area contributed by atoms with Crippen molar-refractivity contribution in [2.75, 3.05) is 12.4 Å². The van der Waals surface area contributed by atoms with Crippen molar-refractivity contribution in [2.24, 2.45) is 5.10 Å². The monoisotopic (exact) mass is 491 g/mol. The van der Waals surface area contributed by atoms with E-state index in [1.54, 1.807) is 6.21 Å². The van der Waals surface area contributed by atoms with E-state index >= 15 is 0 Å². The van der Waals surface area contributed by atoms with Crippen LogP contribution in [0.4, 0.5) is 0 Å². The van der Waals surface area contributed by atoms with Crippen molar-refractivity contribution in [3.63, 3.8) is 0 Å². The zero-order valence-electron chi connectivity index (χ0n) is 18.4. The molecule has 172 valence electrons. The Hall–Kier alpha value is -3.62. The van der Waals surface area contributed by atoms with Gasteiger partial charge in [0.2, 0.25) is 0 Å². The first-order chi connectivity index (χ1) is 16.6. The number of aromatic nitrogens is 3. The van der Waals surface area contributed by atoms with Crippen LogP contribution in [-0.4, -0.2) is 39.2 Å². The molecule has 0 saturated heterocycles. The van der Waals surface area contributed by atoms with Crippen molar-refractivity contribution < 1.29 is 9.53 Å². The Labute approximate surface area is 206 Å². The van der Waals surface area contributed by atoms with Crippen LogP contribution in [0.1, 0.15) is 12.5 Å². The number of hydrogen-bond acceptors (Lipinski definition) is 6. The number of carbonyl (C=O) groups is 1. The SMILES string of the molecule is CCOc1ccc(/C=N\NC(=O)CSc2nnc(-c3ccc(Cl)cc3)n2-c2ccccc2)cc1. The predicted molar refractivity (Wildman–Crippen MR) is 136 cm³/mol. The van der Waals surface area contributed by atoms with Crippen LogP contribution in [0.15, 0.2) is 89.1 Å². The third kappa shape index (κ3) is 6.03. The first-order valence-electron chi connectivity index (χ1n) is 10.6. The average molecular weight is 492 g/mol. The lowest BCUT2D eigenvalue weighted by atomic mass is 10.2. The van der Waals surface area contributed by atoms with E-state index in [4.69, 9.17) is 16.3 Å². The number of nitrogens with one attached hydrogen (secondary N) is 1. The number of hydrogen-bond donors (Lipinski definition) is 1. The summed E-state index contributed by atoms with van der Waals surface area (Å²) >= 11 is 7.32. The van der Waals surface area contributed by atoms with Gasteiger partial charge < -0.3 is 4.74 Å². The fourth-order valence-corrected chi connectivity index (χ4v) is 3.99. The summed E-state index contributed by atoms with van der Waals surface area (Å²) in [7, 11) is 0. The Balaban J connectivity index is 1.44. The number of nitrogens with zero attached hydrogens (tertiary/aromatic N) is 4. The lowest BCUT2D eigenvalue weighted by molar-refractivity contribution is -0.118. The molecule has 4 aromatic rings. The summed E-state index contributed by atoms with van der Waals surface area (Å²) in [6, 6.07) is 24.6. The molecule has 0 aliphatic carbocycles. The van der Waals surface area contributed by atoms with Crippen molar-refractivity contribution in [1.82, 2.24) is 20.2 Å². The van der Waals surface area contributed by atoms with Gasteiger partial charge in [-0.15, -0.1) is 10.2 Å². The minimum absolute atomic E-state index is 0.131. The lowest BCUT2D eigenvalue weighted by Crippen LogP contribution is -2.20. The van der Waals surface area contributed by atoms with Crippen molar-refractivity contribution in [3.05, 3.63) is 89.4 Å². The van der Waals surface area contributed by atoms with E-state index in [1.807, 2.05) is 90.4 Å². The zero-order chi connectivity index (χ0) is 23.8. The van der Waals surface area contributed by atoms with E-state index in [2.05, 4.69) is 20.7 Å². The standard InChI is InChI=1S/C25H22ClN5O2S/c1-2-33-22-14-8-18(9-15-22)16-27-28-23(32)17-34-25-30-29-24(19-10-12-20(26)13-11-19)31(25)21-6-4-3-5-7-21/h3-16H,2,17H2,1H3,(H,28,32)/b27-16-. The van der Waals surface area contributed by atoms with Crippen LogP contribution < -0.4 is 10.2 Å². The molecule has 1 amide bonds. The van der Waals surface area contributed by atoms with Crippen LogP contribution in [0.5, 0.6) is 5.75 Å². The van der Waals surface area contributed by atoms with Crippen molar-refractivity contribution >= 4 is 35.5 Å². The number of rotatable bonds is 9. The molecule has 0 bridgehead atoms. The van der Waals surface area contributed by atoms with Crippen LogP contribution in [0, 0.1) is 0 Å². The van der Waals surface area contributed by atoms with E-state index < -0.39 is 0 Å². The number of hydrazone groups is 1. The Morgan fingerprint density at radius 2 is 1.79 bits per heavy atom. The van der Waals surface area contributed by atoms with E-state index in [9.17, 15) is 4.79 Å². The van der Waals surface area contributed by atoms with Gasteiger partial charge in [-0.1, -0.05) is 41.6 Å². The van der Waals surface area contributed by atoms with E-state index in [1.165, 1.54) is 11.8 Å². The molecule has 4 rings (SSSR count). The van der Waals surface area contributed by atoms with Gasteiger partial charge in [-0.2, -0.15) is 5.10 Å². The predicted octanol–water partition coefficient (Wildman–Crippen LogP) is 5.23. The summed E-state index contributed by atoms with van der Waals surface area (Å²) < 4.78 is 7.34. The molecular weight excluding hydrogens is 470 g/mol. The second-order valence-electron chi connectivity index (χ2n) is 7.07. The van der Waals surface area contributed by atoms with Gasteiger partial charge >= 0.3 is 0 Å². The van der Waals surface area contributed by atoms with Gasteiger partial charge in [-0.3, -0.25) is 9.36 Å². The minimum atomic E-state index is -0.247. The number of para-hydroxylation sites is 1. The Bertz CT molecular complexity index is 1260. The maximum Gasteiger partial charge on any atom is 0.250 e. The number of thioether (sulfide) groups is 1. The first-order valence-corrected chi connectivity index (χ1v) is 11.9. The van der Waals surface area contributed by atoms with Gasteiger partial charge in [-0.25, -0.2) is 5.43 Å². The number of ether oxygens (including phenoxy) is 1. The molecule has 0 aliphatic heterocycles. The molecule has 7 nitrogen and oxygen atoms in total. The number of benzene rings is 3. The molecule has 0 aliphatic rings. The molecule has 34 heavy (non-hydrogen) atoms. The van der Waals surface area contributed by atoms with Crippen molar-refractivity contribution in [3.8, 4) is 22.8 Å². The molecule has 0 spiro atoms. The van der Waals surface area contributed by atoms with Gasteiger partial charge in [0.05, 0.1) is 18.6 Å². The van der Waals surface area contributed by atoms with E-state index in [0.29, 0.717) is 22.6 Å². The van der Waals surface area contributed by atoms with Gasteiger partial charge in [0.1, 0.15) is 5.75 Å². The number of carbonyl (C=O) groups excluding carboxylic acids is 1.